The molecule has 0 saturated carbocycles. The Bertz CT molecular complexity index is 936. The van der Waals surface area contributed by atoms with Crippen LogP contribution in [-0.2, 0) is 4.74 Å². The van der Waals surface area contributed by atoms with E-state index in [0.717, 1.165) is 55.4 Å². The summed E-state index contributed by atoms with van der Waals surface area (Å²) in [6.07, 6.45) is 2.21. The van der Waals surface area contributed by atoms with E-state index in [-0.39, 0.29) is 12.0 Å². The Morgan fingerprint density at radius 3 is 2.66 bits per heavy atom. The fourth-order valence-corrected chi connectivity index (χ4v) is 3.96. The number of carbonyl (C=O) groups is 1. The second-order valence-electron chi connectivity index (χ2n) is 7.56. The maximum Gasteiger partial charge on any atom is 0.251 e. The van der Waals surface area contributed by atoms with Gasteiger partial charge < -0.3 is 10.1 Å². The summed E-state index contributed by atoms with van der Waals surface area (Å²) in [5, 5.41) is 5.19. The van der Waals surface area contributed by atoms with Gasteiger partial charge in [0.1, 0.15) is 0 Å². The first-order valence-electron chi connectivity index (χ1n) is 10.5. The van der Waals surface area contributed by atoms with Crippen molar-refractivity contribution < 1.29 is 9.53 Å². The topological polar surface area (TPSA) is 41.6 Å². The zero-order chi connectivity index (χ0) is 19.9. The first kappa shape index (κ1) is 19.6. The molecule has 0 spiro atoms. The minimum absolute atomic E-state index is 0.0114. The SMILES string of the molecule is O=C(NCCCCN1CCOC(c2ccccc2)C1)c1cccc2ccccc12. The average molecular weight is 389 g/mol. The van der Waals surface area contributed by atoms with Gasteiger partial charge in [-0.25, -0.2) is 0 Å². The van der Waals surface area contributed by atoms with Crippen LogP contribution in [0.1, 0.15) is 34.9 Å². The fourth-order valence-electron chi connectivity index (χ4n) is 3.96. The number of amides is 1. The van der Waals surface area contributed by atoms with E-state index in [0.29, 0.717) is 6.54 Å². The molecule has 1 unspecified atom stereocenters. The monoisotopic (exact) mass is 388 g/mol. The third kappa shape index (κ3) is 5.03. The van der Waals surface area contributed by atoms with Gasteiger partial charge in [0.15, 0.2) is 0 Å². The lowest BCUT2D eigenvalue weighted by Gasteiger charge is -2.33. The van der Waals surface area contributed by atoms with E-state index < -0.39 is 0 Å². The predicted molar refractivity (Wildman–Crippen MR) is 117 cm³/mol. The number of hydrogen-bond acceptors (Lipinski definition) is 3. The summed E-state index contributed by atoms with van der Waals surface area (Å²) in [6.45, 7) is 4.43. The number of unbranched alkanes of at least 4 members (excludes halogenated alkanes) is 1. The highest BCUT2D eigenvalue weighted by molar-refractivity contribution is 6.06. The molecular weight excluding hydrogens is 360 g/mol. The first-order valence-corrected chi connectivity index (χ1v) is 10.5. The number of benzene rings is 3. The van der Waals surface area contributed by atoms with E-state index in [4.69, 9.17) is 4.74 Å². The molecule has 1 amide bonds. The molecule has 0 aromatic heterocycles. The molecule has 4 nitrogen and oxygen atoms in total. The van der Waals surface area contributed by atoms with Crippen LogP contribution in [0.2, 0.25) is 0 Å². The minimum Gasteiger partial charge on any atom is -0.371 e. The van der Waals surface area contributed by atoms with Gasteiger partial charge in [-0.3, -0.25) is 9.69 Å². The van der Waals surface area contributed by atoms with Crippen molar-refractivity contribution in [1.82, 2.24) is 10.2 Å². The molecule has 0 aliphatic carbocycles. The van der Waals surface area contributed by atoms with Crippen molar-refractivity contribution in [1.29, 1.82) is 0 Å². The van der Waals surface area contributed by atoms with Crippen LogP contribution in [0.4, 0.5) is 0 Å². The van der Waals surface area contributed by atoms with Crippen LogP contribution in [0.15, 0.2) is 72.8 Å². The van der Waals surface area contributed by atoms with Gasteiger partial charge in [0, 0.05) is 25.2 Å². The maximum absolute atomic E-state index is 12.6. The Morgan fingerprint density at radius 1 is 0.966 bits per heavy atom. The van der Waals surface area contributed by atoms with E-state index in [2.05, 4.69) is 34.5 Å². The van der Waals surface area contributed by atoms with Crippen molar-refractivity contribution in [2.45, 2.75) is 18.9 Å². The maximum atomic E-state index is 12.6. The van der Waals surface area contributed by atoms with Crippen LogP contribution in [0.25, 0.3) is 10.8 Å². The van der Waals surface area contributed by atoms with Crippen molar-refractivity contribution in [3.05, 3.63) is 83.9 Å². The number of fused-ring (bicyclic) bond motifs is 1. The van der Waals surface area contributed by atoms with Crippen LogP contribution < -0.4 is 5.32 Å². The smallest absolute Gasteiger partial charge is 0.251 e. The largest absolute Gasteiger partial charge is 0.371 e. The summed E-state index contributed by atoms with van der Waals surface area (Å²) in [7, 11) is 0. The zero-order valence-corrected chi connectivity index (χ0v) is 16.7. The van der Waals surface area contributed by atoms with Crippen molar-refractivity contribution in [2.24, 2.45) is 0 Å². The summed E-state index contributed by atoms with van der Waals surface area (Å²) in [4.78, 5) is 15.1. The number of ether oxygens (including phenoxy) is 1. The van der Waals surface area contributed by atoms with Gasteiger partial charge in [-0.1, -0.05) is 66.7 Å². The van der Waals surface area contributed by atoms with E-state index >= 15 is 0 Å². The van der Waals surface area contributed by atoms with E-state index in [1.165, 1.54) is 5.56 Å². The van der Waals surface area contributed by atoms with Crippen molar-refractivity contribution in [2.75, 3.05) is 32.8 Å². The highest BCUT2D eigenvalue weighted by Crippen LogP contribution is 2.22. The molecule has 150 valence electrons. The molecule has 1 saturated heterocycles. The first-order chi connectivity index (χ1) is 14.3. The molecule has 1 aliphatic heterocycles. The van der Waals surface area contributed by atoms with Gasteiger partial charge >= 0.3 is 0 Å². The van der Waals surface area contributed by atoms with Crippen LogP contribution in [0.5, 0.6) is 0 Å². The quantitative estimate of drug-likeness (QED) is 0.609. The third-order valence-electron chi connectivity index (χ3n) is 5.54. The van der Waals surface area contributed by atoms with Crippen LogP contribution in [-0.4, -0.2) is 43.6 Å². The summed E-state index contributed by atoms with van der Waals surface area (Å²) >= 11 is 0. The van der Waals surface area contributed by atoms with Crippen LogP contribution >= 0.6 is 0 Å². The summed E-state index contributed by atoms with van der Waals surface area (Å²) in [5.74, 6) is 0.0114. The third-order valence-corrected chi connectivity index (χ3v) is 5.54. The Hall–Kier alpha value is -2.69. The van der Waals surface area contributed by atoms with Crippen molar-refractivity contribution >= 4 is 16.7 Å². The Morgan fingerprint density at radius 2 is 1.76 bits per heavy atom. The molecule has 0 radical (unpaired) electrons. The molecular formula is C25H28N2O2. The molecule has 4 rings (SSSR count). The molecule has 1 heterocycles. The second kappa shape index (κ2) is 9.68. The number of hydrogen-bond donors (Lipinski definition) is 1. The minimum atomic E-state index is 0.0114. The molecule has 1 atom stereocenters. The van der Waals surface area contributed by atoms with E-state index in [1.807, 2.05) is 48.5 Å². The molecule has 3 aromatic carbocycles. The molecule has 0 bridgehead atoms. The lowest BCUT2D eigenvalue weighted by atomic mass is 10.0. The summed E-state index contributed by atoms with van der Waals surface area (Å²) < 4.78 is 5.94. The standard InChI is InChI=1S/C25H28N2O2/c28-25(23-14-8-12-20-9-4-5-13-22(20)23)26-15-6-7-16-27-17-18-29-24(19-27)21-10-2-1-3-11-21/h1-5,8-14,24H,6-7,15-19H2,(H,26,28). The summed E-state index contributed by atoms with van der Waals surface area (Å²) in [5.41, 5.74) is 2.00. The number of rotatable bonds is 7. The predicted octanol–water partition coefficient (Wildman–Crippen LogP) is 4.42. The molecule has 1 aliphatic rings. The van der Waals surface area contributed by atoms with Crippen LogP contribution in [0.3, 0.4) is 0 Å². The average Bonchev–Trinajstić information content (AvgIpc) is 2.79. The zero-order valence-electron chi connectivity index (χ0n) is 16.7. The normalized spacial score (nSPS) is 17.3. The number of nitrogens with zero attached hydrogens (tertiary/aromatic N) is 1. The Labute approximate surface area is 172 Å². The van der Waals surface area contributed by atoms with Gasteiger partial charge in [0.05, 0.1) is 12.7 Å². The number of carbonyl (C=O) groups excluding carboxylic acids is 1. The van der Waals surface area contributed by atoms with Crippen molar-refractivity contribution in [3.8, 4) is 0 Å². The van der Waals surface area contributed by atoms with Gasteiger partial charge in [-0.05, 0) is 41.8 Å². The molecule has 4 heteroatoms. The van der Waals surface area contributed by atoms with Gasteiger partial charge in [0.2, 0.25) is 0 Å². The number of morpholine rings is 1. The van der Waals surface area contributed by atoms with E-state index in [9.17, 15) is 4.79 Å². The molecule has 29 heavy (non-hydrogen) atoms. The lowest BCUT2D eigenvalue weighted by Crippen LogP contribution is -2.39. The van der Waals surface area contributed by atoms with Gasteiger partial charge in [-0.2, -0.15) is 0 Å². The second-order valence-corrected chi connectivity index (χ2v) is 7.56. The van der Waals surface area contributed by atoms with E-state index in [1.54, 1.807) is 0 Å². The van der Waals surface area contributed by atoms with Crippen molar-refractivity contribution in [3.63, 3.8) is 0 Å². The summed E-state index contributed by atoms with van der Waals surface area (Å²) in [6, 6.07) is 24.3. The van der Waals surface area contributed by atoms with Gasteiger partial charge in [0.25, 0.3) is 5.91 Å². The van der Waals surface area contributed by atoms with Gasteiger partial charge in [-0.15, -0.1) is 0 Å². The Kier molecular flexibility index (Phi) is 6.55. The highest BCUT2D eigenvalue weighted by atomic mass is 16.5. The molecule has 3 aromatic rings. The molecule has 1 N–H and O–H groups in total. The van der Waals surface area contributed by atoms with Crippen LogP contribution in [0, 0.1) is 0 Å². The number of nitrogens with one attached hydrogen (secondary N) is 1. The molecule has 1 fully saturated rings. The lowest BCUT2D eigenvalue weighted by molar-refractivity contribution is -0.0303. The Balaban J connectivity index is 1.21. The highest BCUT2D eigenvalue weighted by Gasteiger charge is 2.21. The fraction of sp³-hybridized carbons (Fsp3) is 0.320.